The summed E-state index contributed by atoms with van der Waals surface area (Å²) >= 11 is 0. The van der Waals surface area contributed by atoms with Crippen LogP contribution in [0.25, 0.3) is 0 Å². The number of benzene rings is 1. The molecule has 1 aromatic rings. The van der Waals surface area contributed by atoms with Crippen LogP contribution in [-0.4, -0.2) is 11.4 Å². The summed E-state index contributed by atoms with van der Waals surface area (Å²) in [6.07, 6.45) is 0.872. The van der Waals surface area contributed by atoms with E-state index in [0.29, 0.717) is 5.92 Å². The molecule has 92 valence electrons. The highest BCUT2D eigenvalue weighted by Gasteiger charge is 1.98. The first kappa shape index (κ1) is 13.6. The van der Waals surface area contributed by atoms with Crippen LogP contribution in [0.5, 0.6) is 0 Å². The molecule has 0 bridgehead atoms. The highest BCUT2D eigenvalue weighted by molar-refractivity contribution is 5.87. The molecule has 0 unspecified atom stereocenters. The van der Waals surface area contributed by atoms with Crippen molar-refractivity contribution in [3.63, 3.8) is 0 Å². The van der Waals surface area contributed by atoms with E-state index in [1.54, 1.807) is 0 Å². The molecule has 17 heavy (non-hydrogen) atoms. The Kier molecular flexibility index (Phi) is 5.08. The van der Waals surface area contributed by atoms with Crippen LogP contribution in [0.15, 0.2) is 34.5 Å². The van der Waals surface area contributed by atoms with Gasteiger partial charge in [0.15, 0.2) is 0 Å². The molecule has 0 aliphatic heterocycles. The average molecular weight is 230 g/mol. The van der Waals surface area contributed by atoms with Crippen molar-refractivity contribution in [3.05, 3.63) is 35.4 Å². The molecule has 0 aromatic heterocycles. The maximum atomic E-state index is 4.27. The third-order valence-electron chi connectivity index (χ3n) is 2.76. The smallest absolute Gasteiger partial charge is 0.0418 e. The molecule has 0 radical (unpaired) electrons. The van der Waals surface area contributed by atoms with Crippen molar-refractivity contribution in [2.24, 2.45) is 16.1 Å². The molecular formula is C15H22N2. The summed E-state index contributed by atoms with van der Waals surface area (Å²) in [5.41, 5.74) is 4.71. The topological polar surface area (TPSA) is 24.7 Å². The Morgan fingerprint density at radius 2 is 1.88 bits per heavy atom. The van der Waals surface area contributed by atoms with Crippen LogP contribution in [0.3, 0.4) is 0 Å². The largest absolute Gasteiger partial charge is 0.160 e. The van der Waals surface area contributed by atoms with Gasteiger partial charge in [-0.1, -0.05) is 43.7 Å². The van der Waals surface area contributed by atoms with Gasteiger partial charge in [0.05, 0.1) is 0 Å². The van der Waals surface area contributed by atoms with Crippen LogP contribution in [0.4, 0.5) is 0 Å². The van der Waals surface area contributed by atoms with Crippen LogP contribution in [0.2, 0.25) is 0 Å². The summed E-state index contributed by atoms with van der Waals surface area (Å²) in [6.45, 7) is 10.4. The van der Waals surface area contributed by atoms with Crippen LogP contribution in [0, 0.1) is 12.8 Å². The molecule has 1 rings (SSSR count). The Bertz CT molecular complexity index is 428. The molecule has 0 saturated carbocycles. The van der Waals surface area contributed by atoms with E-state index in [1.807, 2.05) is 13.8 Å². The van der Waals surface area contributed by atoms with Gasteiger partial charge in [0.1, 0.15) is 0 Å². The molecule has 2 heteroatoms. The lowest BCUT2D eigenvalue weighted by atomic mass is 10.1. The zero-order chi connectivity index (χ0) is 12.8. The zero-order valence-electron chi connectivity index (χ0n) is 11.5. The van der Waals surface area contributed by atoms with E-state index in [0.717, 1.165) is 17.8 Å². The fraction of sp³-hybridized carbons (Fsp3) is 0.467. The van der Waals surface area contributed by atoms with Gasteiger partial charge in [-0.2, -0.15) is 10.2 Å². The maximum absolute atomic E-state index is 4.27. The second kappa shape index (κ2) is 6.33. The molecular weight excluding hydrogens is 208 g/mol. The molecule has 0 N–H and O–H groups in total. The fourth-order valence-corrected chi connectivity index (χ4v) is 1.43. The summed E-state index contributed by atoms with van der Waals surface area (Å²) in [5, 5.41) is 8.52. The molecule has 0 amide bonds. The molecule has 0 atom stereocenters. The monoisotopic (exact) mass is 230 g/mol. The van der Waals surface area contributed by atoms with Crippen molar-refractivity contribution in [2.75, 3.05) is 0 Å². The summed E-state index contributed by atoms with van der Waals surface area (Å²) in [6, 6.07) is 8.51. The minimum absolute atomic E-state index is 0.463. The molecule has 0 saturated heterocycles. The molecule has 1 aromatic carbocycles. The molecule has 0 aliphatic carbocycles. The zero-order valence-corrected chi connectivity index (χ0v) is 11.5. The summed E-state index contributed by atoms with van der Waals surface area (Å²) in [7, 11) is 0. The number of rotatable bonds is 4. The number of hydrogen-bond donors (Lipinski definition) is 0. The first-order valence-electron chi connectivity index (χ1n) is 6.12. The van der Waals surface area contributed by atoms with Gasteiger partial charge < -0.3 is 0 Å². The Hall–Kier alpha value is -1.44. The third kappa shape index (κ3) is 4.94. The third-order valence-corrected chi connectivity index (χ3v) is 2.76. The minimum Gasteiger partial charge on any atom is -0.160 e. The van der Waals surface area contributed by atoms with E-state index < -0.39 is 0 Å². The summed E-state index contributed by atoms with van der Waals surface area (Å²) in [5.74, 6) is 0.463. The van der Waals surface area contributed by atoms with Crippen molar-refractivity contribution in [3.8, 4) is 0 Å². The van der Waals surface area contributed by atoms with Gasteiger partial charge in [0.25, 0.3) is 0 Å². The molecule has 0 heterocycles. The predicted molar refractivity (Wildman–Crippen MR) is 75.9 cm³/mol. The predicted octanol–water partition coefficient (Wildman–Crippen LogP) is 4.03. The van der Waals surface area contributed by atoms with Crippen molar-refractivity contribution in [1.82, 2.24) is 0 Å². The molecule has 0 aliphatic rings. The molecule has 0 fully saturated rings. The highest BCUT2D eigenvalue weighted by atomic mass is 15.2. The Morgan fingerprint density at radius 1 is 1.18 bits per heavy atom. The summed E-state index contributed by atoms with van der Waals surface area (Å²) < 4.78 is 0. The Labute approximate surface area is 104 Å². The Balaban J connectivity index is 2.69. The van der Waals surface area contributed by atoms with Crippen LogP contribution < -0.4 is 0 Å². The SMILES string of the molecule is C/C(Cc1cccc(C)c1)=N\N=C(/C)C(C)C. The quantitative estimate of drug-likeness (QED) is 0.551. The van der Waals surface area contributed by atoms with Crippen LogP contribution in [-0.2, 0) is 6.42 Å². The fourth-order valence-electron chi connectivity index (χ4n) is 1.43. The van der Waals surface area contributed by atoms with E-state index in [9.17, 15) is 0 Å². The lowest BCUT2D eigenvalue weighted by molar-refractivity contribution is 0.869. The van der Waals surface area contributed by atoms with Crippen LogP contribution in [0.1, 0.15) is 38.8 Å². The van der Waals surface area contributed by atoms with Crippen LogP contribution >= 0.6 is 0 Å². The van der Waals surface area contributed by atoms with E-state index in [1.165, 1.54) is 11.1 Å². The minimum atomic E-state index is 0.463. The van der Waals surface area contributed by atoms with E-state index in [4.69, 9.17) is 0 Å². The second-order valence-corrected chi connectivity index (χ2v) is 4.90. The van der Waals surface area contributed by atoms with Gasteiger partial charge in [-0.3, -0.25) is 0 Å². The van der Waals surface area contributed by atoms with E-state index in [-0.39, 0.29) is 0 Å². The van der Waals surface area contributed by atoms with Crippen molar-refractivity contribution in [1.29, 1.82) is 0 Å². The first-order valence-corrected chi connectivity index (χ1v) is 6.12. The lowest BCUT2D eigenvalue weighted by Crippen LogP contribution is -2.02. The summed E-state index contributed by atoms with van der Waals surface area (Å²) in [4.78, 5) is 0. The van der Waals surface area contributed by atoms with Gasteiger partial charge >= 0.3 is 0 Å². The standard InChI is InChI=1S/C15H22N2/c1-11(2)14(5)17-16-13(4)10-15-8-6-7-12(3)9-15/h6-9,11H,10H2,1-5H3/b16-13+,17-14+. The van der Waals surface area contributed by atoms with E-state index in [2.05, 4.69) is 55.2 Å². The normalized spacial score (nSPS) is 13.3. The Morgan fingerprint density at radius 3 is 2.47 bits per heavy atom. The van der Waals surface area contributed by atoms with Gasteiger partial charge in [-0.05, 0) is 32.3 Å². The number of aryl methyl sites for hydroxylation is 1. The van der Waals surface area contributed by atoms with Gasteiger partial charge in [0, 0.05) is 17.8 Å². The van der Waals surface area contributed by atoms with Crippen molar-refractivity contribution in [2.45, 2.75) is 41.0 Å². The van der Waals surface area contributed by atoms with Gasteiger partial charge in [-0.25, -0.2) is 0 Å². The molecule has 2 nitrogen and oxygen atoms in total. The van der Waals surface area contributed by atoms with Crippen molar-refractivity contribution >= 4 is 11.4 Å². The lowest BCUT2D eigenvalue weighted by Gasteiger charge is -2.03. The number of nitrogens with zero attached hydrogens (tertiary/aromatic N) is 2. The first-order chi connectivity index (χ1) is 7.99. The second-order valence-electron chi connectivity index (χ2n) is 4.90. The van der Waals surface area contributed by atoms with Gasteiger partial charge in [-0.15, -0.1) is 0 Å². The van der Waals surface area contributed by atoms with Crippen molar-refractivity contribution < 1.29 is 0 Å². The van der Waals surface area contributed by atoms with Gasteiger partial charge in [0.2, 0.25) is 0 Å². The maximum Gasteiger partial charge on any atom is 0.0418 e. The number of hydrogen-bond acceptors (Lipinski definition) is 2. The van der Waals surface area contributed by atoms with E-state index >= 15 is 0 Å². The average Bonchev–Trinajstić information content (AvgIpc) is 2.25. The molecule has 0 spiro atoms. The highest BCUT2D eigenvalue weighted by Crippen LogP contribution is 2.06.